The van der Waals surface area contributed by atoms with E-state index in [2.05, 4.69) is 5.10 Å². The molecule has 0 radical (unpaired) electrons. The number of carbonyl (C=O) groups is 2. The number of hydrogen-bond acceptors (Lipinski definition) is 5. The zero-order valence-electron chi connectivity index (χ0n) is 25.0. The van der Waals surface area contributed by atoms with Crippen LogP contribution >= 0.6 is 23.2 Å². The minimum Gasteiger partial charge on any atom is -0.481 e. The van der Waals surface area contributed by atoms with Crippen LogP contribution in [0.4, 0.5) is 4.39 Å². The summed E-state index contributed by atoms with van der Waals surface area (Å²) in [6.45, 7) is 3.45. The molecule has 1 heterocycles. The van der Waals surface area contributed by atoms with Gasteiger partial charge in [-0.15, -0.1) is 0 Å². The molecule has 0 aliphatic carbocycles. The number of aliphatic hydroxyl groups is 1. The molecule has 0 saturated heterocycles. The second-order valence-corrected chi connectivity index (χ2v) is 11.1. The van der Waals surface area contributed by atoms with Gasteiger partial charge in [-0.1, -0.05) is 66.5 Å². The molecule has 4 aromatic rings. The van der Waals surface area contributed by atoms with E-state index in [1.54, 1.807) is 68.2 Å². The fourth-order valence-corrected chi connectivity index (χ4v) is 5.28. The zero-order valence-corrected chi connectivity index (χ0v) is 26.5. The SMILES string of the molecule is CCC(O)(c1cc(C)c(C(OC)N(C=O)C(CCC(=O)O)c2ccc(Cl)cc2)c(F)c1)c1ccn(C)n1.Clc1ccccc1. The molecule has 0 spiro atoms. The summed E-state index contributed by atoms with van der Waals surface area (Å²) >= 11 is 11.6. The number of carbonyl (C=O) groups excluding carboxylic acids is 1. The van der Waals surface area contributed by atoms with Crippen molar-refractivity contribution in [3.63, 3.8) is 0 Å². The highest BCUT2D eigenvalue weighted by Crippen LogP contribution is 2.39. The largest absolute Gasteiger partial charge is 0.481 e. The molecule has 8 nitrogen and oxygen atoms in total. The molecule has 1 amide bonds. The van der Waals surface area contributed by atoms with Crippen molar-refractivity contribution in [1.82, 2.24) is 14.7 Å². The Kier molecular flexibility index (Phi) is 12.5. The second kappa shape index (κ2) is 15.8. The van der Waals surface area contributed by atoms with Crippen LogP contribution in [0.1, 0.15) is 66.4 Å². The highest BCUT2D eigenvalue weighted by atomic mass is 35.5. The fraction of sp³-hybridized carbons (Fsp3) is 0.303. The van der Waals surface area contributed by atoms with Gasteiger partial charge < -0.3 is 19.8 Å². The number of carboxylic acid groups (broad SMARTS) is 1. The smallest absolute Gasteiger partial charge is 0.303 e. The van der Waals surface area contributed by atoms with E-state index < -0.39 is 29.7 Å². The first-order valence-corrected chi connectivity index (χ1v) is 14.7. The summed E-state index contributed by atoms with van der Waals surface area (Å²) in [6.07, 6.45) is 1.17. The number of hydrogen-bond donors (Lipinski definition) is 2. The van der Waals surface area contributed by atoms with Crippen molar-refractivity contribution < 1.29 is 28.9 Å². The van der Waals surface area contributed by atoms with Crippen LogP contribution in [0.25, 0.3) is 0 Å². The standard InChI is InChI=1S/C27H31ClFN3O5.C6H5Cl/c1-5-27(36,23-12-13-31(3)30-23)19-14-17(2)25(21(29)15-19)26(37-4)32(16-33)22(10-11-24(34)35)18-6-8-20(28)9-7-18;7-6-4-2-1-3-5-6/h6-9,12-16,22,26,36H,5,10-11H2,1-4H3,(H,34,35);1-5H. The van der Waals surface area contributed by atoms with Crippen molar-refractivity contribution in [3.05, 3.63) is 123 Å². The van der Waals surface area contributed by atoms with E-state index >= 15 is 4.39 Å². The maximum atomic E-state index is 15.8. The Labute approximate surface area is 266 Å². The molecule has 11 heteroatoms. The maximum absolute atomic E-state index is 15.8. The van der Waals surface area contributed by atoms with E-state index in [1.165, 1.54) is 18.1 Å². The lowest BCUT2D eigenvalue weighted by Crippen LogP contribution is -2.35. The van der Waals surface area contributed by atoms with Gasteiger partial charge in [0.2, 0.25) is 6.41 Å². The molecule has 0 fully saturated rings. The number of nitrogens with zero attached hydrogens (tertiary/aromatic N) is 3. The summed E-state index contributed by atoms with van der Waals surface area (Å²) in [7, 11) is 3.08. The number of halogens is 3. The van der Waals surface area contributed by atoms with Crippen LogP contribution in [-0.4, -0.2) is 44.4 Å². The molecule has 0 bridgehead atoms. The number of aromatic nitrogens is 2. The van der Waals surface area contributed by atoms with Crippen molar-refractivity contribution in [2.45, 2.75) is 51.0 Å². The third-order valence-electron chi connectivity index (χ3n) is 7.31. The Morgan fingerprint density at radius 1 is 1.11 bits per heavy atom. The summed E-state index contributed by atoms with van der Waals surface area (Å²) in [4.78, 5) is 25.0. The molecule has 2 N–H and O–H groups in total. The van der Waals surface area contributed by atoms with Gasteiger partial charge in [0.1, 0.15) is 11.4 Å². The first-order chi connectivity index (χ1) is 20.9. The van der Waals surface area contributed by atoms with Crippen molar-refractivity contribution in [3.8, 4) is 0 Å². The molecule has 3 unspecified atom stereocenters. The Balaban J connectivity index is 0.000000662. The van der Waals surface area contributed by atoms with Gasteiger partial charge in [0, 0.05) is 42.4 Å². The molecule has 3 aromatic carbocycles. The number of rotatable bonds is 12. The predicted molar refractivity (Wildman–Crippen MR) is 168 cm³/mol. The first kappa shape index (κ1) is 34.7. The minimum atomic E-state index is -1.52. The zero-order chi connectivity index (χ0) is 32.4. The molecular formula is C33H36Cl2FN3O5. The van der Waals surface area contributed by atoms with E-state index in [0.717, 1.165) is 5.02 Å². The lowest BCUT2D eigenvalue weighted by atomic mass is 9.85. The van der Waals surface area contributed by atoms with Crippen LogP contribution in [0, 0.1) is 12.7 Å². The van der Waals surface area contributed by atoms with Gasteiger partial charge in [0.05, 0.1) is 11.7 Å². The average Bonchev–Trinajstić information content (AvgIpc) is 3.45. The molecule has 0 saturated carbocycles. The Morgan fingerprint density at radius 2 is 1.75 bits per heavy atom. The monoisotopic (exact) mass is 643 g/mol. The number of aryl methyl sites for hydroxylation is 2. The lowest BCUT2D eigenvalue weighted by molar-refractivity contribution is -0.141. The molecule has 0 aliphatic rings. The Hall–Kier alpha value is -3.76. The number of aliphatic carboxylic acids is 1. The molecule has 234 valence electrons. The van der Waals surface area contributed by atoms with E-state index in [0.29, 0.717) is 33.8 Å². The van der Waals surface area contributed by atoms with Gasteiger partial charge in [0.15, 0.2) is 6.23 Å². The van der Waals surface area contributed by atoms with Gasteiger partial charge in [0.25, 0.3) is 0 Å². The van der Waals surface area contributed by atoms with E-state index in [-0.39, 0.29) is 24.8 Å². The Morgan fingerprint density at radius 3 is 2.20 bits per heavy atom. The number of ether oxygens (including phenoxy) is 1. The Bertz CT molecular complexity index is 1510. The van der Waals surface area contributed by atoms with E-state index in [1.807, 2.05) is 30.3 Å². The van der Waals surface area contributed by atoms with Crippen LogP contribution in [0.5, 0.6) is 0 Å². The van der Waals surface area contributed by atoms with E-state index in [9.17, 15) is 19.8 Å². The van der Waals surface area contributed by atoms with Crippen LogP contribution in [0.2, 0.25) is 10.0 Å². The van der Waals surface area contributed by atoms with Crippen molar-refractivity contribution >= 4 is 35.6 Å². The third kappa shape index (κ3) is 8.45. The summed E-state index contributed by atoms with van der Waals surface area (Å²) in [5, 5.41) is 26.3. The summed E-state index contributed by atoms with van der Waals surface area (Å²) < 4.78 is 23.0. The molecule has 4 rings (SSSR count). The van der Waals surface area contributed by atoms with Gasteiger partial charge in [-0.2, -0.15) is 5.10 Å². The summed E-state index contributed by atoms with van der Waals surface area (Å²) in [5.41, 5.74) is 0.367. The van der Waals surface area contributed by atoms with Crippen LogP contribution in [0.3, 0.4) is 0 Å². The number of amides is 1. The molecular weight excluding hydrogens is 608 g/mol. The van der Waals surface area contributed by atoms with Crippen molar-refractivity contribution in [1.29, 1.82) is 0 Å². The van der Waals surface area contributed by atoms with Crippen LogP contribution in [0.15, 0.2) is 79.0 Å². The average molecular weight is 645 g/mol. The van der Waals surface area contributed by atoms with E-state index in [4.69, 9.17) is 27.9 Å². The lowest BCUT2D eigenvalue weighted by Gasteiger charge is -2.36. The minimum absolute atomic E-state index is 0.0730. The third-order valence-corrected chi connectivity index (χ3v) is 7.81. The fourth-order valence-electron chi connectivity index (χ4n) is 5.00. The van der Waals surface area contributed by atoms with Crippen molar-refractivity contribution in [2.24, 2.45) is 7.05 Å². The predicted octanol–water partition coefficient (Wildman–Crippen LogP) is 7.22. The van der Waals surface area contributed by atoms with Gasteiger partial charge in [-0.3, -0.25) is 14.3 Å². The normalized spacial score (nSPS) is 13.6. The molecule has 1 aromatic heterocycles. The molecule has 3 atom stereocenters. The molecule has 44 heavy (non-hydrogen) atoms. The van der Waals surface area contributed by atoms with Crippen LogP contribution < -0.4 is 0 Å². The van der Waals surface area contributed by atoms with Gasteiger partial charge >= 0.3 is 5.97 Å². The highest BCUT2D eigenvalue weighted by molar-refractivity contribution is 6.30. The maximum Gasteiger partial charge on any atom is 0.303 e. The van der Waals surface area contributed by atoms with Gasteiger partial charge in [-0.05, 0) is 72.9 Å². The van der Waals surface area contributed by atoms with Crippen molar-refractivity contribution in [2.75, 3.05) is 7.11 Å². The van der Waals surface area contributed by atoms with Gasteiger partial charge in [-0.25, -0.2) is 4.39 Å². The topological polar surface area (TPSA) is 105 Å². The first-order valence-electron chi connectivity index (χ1n) is 13.9. The second-order valence-electron chi connectivity index (χ2n) is 10.2. The number of methoxy groups -OCH3 is 1. The number of benzene rings is 3. The molecule has 0 aliphatic heterocycles. The summed E-state index contributed by atoms with van der Waals surface area (Å²) in [6, 6.07) is 19.9. The summed E-state index contributed by atoms with van der Waals surface area (Å²) in [5.74, 6) is -1.71. The highest BCUT2D eigenvalue weighted by Gasteiger charge is 2.36. The van der Waals surface area contributed by atoms with Crippen LogP contribution in [-0.2, 0) is 27.0 Å². The quantitative estimate of drug-likeness (QED) is 0.125. The number of carboxylic acids is 1.